The van der Waals surface area contributed by atoms with Crippen molar-refractivity contribution in [3.05, 3.63) is 100 Å². The molecule has 0 spiro atoms. The first-order chi connectivity index (χ1) is 19.8. The molecule has 0 amide bonds. The molecule has 0 bridgehead atoms. The lowest BCUT2D eigenvalue weighted by Gasteiger charge is -2.12. The molecule has 0 aliphatic rings. The van der Waals surface area contributed by atoms with Crippen molar-refractivity contribution in [1.29, 1.82) is 5.26 Å². The van der Waals surface area contributed by atoms with E-state index in [1.807, 2.05) is 6.07 Å². The van der Waals surface area contributed by atoms with Crippen LogP contribution in [0, 0.1) is 28.8 Å². The number of aromatic nitrogens is 6. The molecule has 0 saturated heterocycles. The van der Waals surface area contributed by atoms with E-state index in [1.54, 1.807) is 0 Å². The fraction of sp³-hybridized carbons (Fsp3) is 0.0714. The van der Waals surface area contributed by atoms with E-state index in [1.165, 1.54) is 54.5 Å². The largest absolute Gasteiger partial charge is 0.492 e. The highest BCUT2D eigenvalue weighted by Gasteiger charge is 2.23. The molecule has 202 valence electrons. The zero-order chi connectivity index (χ0) is 28.8. The number of methoxy groups -OCH3 is 1. The molecular formula is C28H17F3N8O2. The van der Waals surface area contributed by atoms with Gasteiger partial charge in [0, 0.05) is 11.8 Å². The summed E-state index contributed by atoms with van der Waals surface area (Å²) in [7, 11) is 1.25. The molecule has 0 fully saturated rings. The van der Waals surface area contributed by atoms with Crippen LogP contribution in [-0.4, -0.2) is 36.2 Å². The fourth-order valence-electron chi connectivity index (χ4n) is 4.71. The highest BCUT2D eigenvalue weighted by atomic mass is 19.1. The number of ether oxygens (including phenoxy) is 1. The Morgan fingerprint density at radius 2 is 1.88 bits per heavy atom. The van der Waals surface area contributed by atoms with Crippen molar-refractivity contribution in [2.24, 2.45) is 0 Å². The third kappa shape index (κ3) is 4.27. The quantitative estimate of drug-likeness (QED) is 0.336. The van der Waals surface area contributed by atoms with Crippen LogP contribution >= 0.6 is 0 Å². The maximum Gasteiger partial charge on any atom is 0.266 e. The molecule has 2 aromatic carbocycles. The summed E-state index contributed by atoms with van der Waals surface area (Å²) in [6.45, 7) is -0.161. The summed E-state index contributed by atoms with van der Waals surface area (Å²) in [5.74, 6) is -2.21. The predicted octanol–water partition coefficient (Wildman–Crippen LogP) is 4.10. The number of fused-ring (bicyclic) bond motifs is 2. The SMILES string of the molecule is COc1c(F)cc(-c2nn(Cc3nc4ccc(F)cn4c(=O)c3-c3cccc(F)c3)c3ncnc(N)c23)cc1C#N. The topological polar surface area (TPSA) is 137 Å². The summed E-state index contributed by atoms with van der Waals surface area (Å²) < 4.78 is 50.5. The van der Waals surface area contributed by atoms with Gasteiger partial charge in [-0.2, -0.15) is 10.4 Å². The Bertz CT molecular complexity index is 2120. The van der Waals surface area contributed by atoms with Crippen LogP contribution in [0.15, 0.2) is 65.8 Å². The van der Waals surface area contributed by atoms with E-state index in [4.69, 9.17) is 10.5 Å². The summed E-state index contributed by atoms with van der Waals surface area (Å²) in [5.41, 5.74) is 6.66. The number of nitrogens with two attached hydrogens (primary N) is 1. The van der Waals surface area contributed by atoms with Gasteiger partial charge in [0.1, 0.15) is 41.2 Å². The minimum atomic E-state index is -0.787. The van der Waals surface area contributed by atoms with E-state index in [-0.39, 0.29) is 68.4 Å². The van der Waals surface area contributed by atoms with Gasteiger partial charge in [0.2, 0.25) is 0 Å². The van der Waals surface area contributed by atoms with Crippen LogP contribution in [0.25, 0.3) is 39.1 Å². The van der Waals surface area contributed by atoms with Crippen LogP contribution in [0.4, 0.5) is 19.0 Å². The number of anilines is 1. The van der Waals surface area contributed by atoms with Gasteiger partial charge in [0.25, 0.3) is 5.56 Å². The molecule has 41 heavy (non-hydrogen) atoms. The van der Waals surface area contributed by atoms with Crippen LogP contribution in [0.5, 0.6) is 5.75 Å². The summed E-state index contributed by atoms with van der Waals surface area (Å²) in [5, 5.41) is 14.4. The smallest absolute Gasteiger partial charge is 0.266 e. The lowest BCUT2D eigenvalue weighted by molar-refractivity contribution is 0.385. The monoisotopic (exact) mass is 554 g/mol. The minimum absolute atomic E-state index is 0.0158. The van der Waals surface area contributed by atoms with E-state index in [2.05, 4.69) is 20.1 Å². The summed E-state index contributed by atoms with van der Waals surface area (Å²) in [6.07, 6.45) is 2.21. The van der Waals surface area contributed by atoms with Gasteiger partial charge < -0.3 is 10.5 Å². The maximum atomic E-state index is 14.9. The van der Waals surface area contributed by atoms with E-state index in [9.17, 15) is 23.2 Å². The number of hydrogen-bond donors (Lipinski definition) is 1. The molecule has 6 aromatic rings. The first-order valence-electron chi connectivity index (χ1n) is 12.0. The minimum Gasteiger partial charge on any atom is -0.492 e. The molecule has 4 heterocycles. The average Bonchev–Trinajstić information content (AvgIpc) is 3.32. The predicted molar refractivity (Wildman–Crippen MR) is 142 cm³/mol. The summed E-state index contributed by atoms with van der Waals surface area (Å²) in [6, 6.07) is 12.3. The number of hydrogen-bond acceptors (Lipinski definition) is 8. The van der Waals surface area contributed by atoms with Crippen molar-refractivity contribution in [2.45, 2.75) is 6.54 Å². The Hall–Kier alpha value is -5.77. The van der Waals surface area contributed by atoms with Crippen molar-refractivity contribution in [2.75, 3.05) is 12.8 Å². The highest BCUT2D eigenvalue weighted by Crippen LogP contribution is 2.35. The summed E-state index contributed by atoms with van der Waals surface area (Å²) >= 11 is 0. The van der Waals surface area contributed by atoms with Crippen molar-refractivity contribution in [1.82, 2.24) is 29.1 Å². The van der Waals surface area contributed by atoms with Crippen LogP contribution in [0.2, 0.25) is 0 Å². The second-order valence-electron chi connectivity index (χ2n) is 8.94. The maximum absolute atomic E-state index is 14.9. The Labute approximate surface area is 228 Å². The van der Waals surface area contributed by atoms with Gasteiger partial charge >= 0.3 is 0 Å². The van der Waals surface area contributed by atoms with Crippen LogP contribution in [0.1, 0.15) is 11.3 Å². The van der Waals surface area contributed by atoms with Gasteiger partial charge in [0.15, 0.2) is 17.2 Å². The van der Waals surface area contributed by atoms with E-state index >= 15 is 0 Å². The Balaban J connectivity index is 1.60. The third-order valence-electron chi connectivity index (χ3n) is 6.47. The number of halogens is 3. The van der Waals surface area contributed by atoms with Crippen molar-refractivity contribution < 1.29 is 17.9 Å². The van der Waals surface area contributed by atoms with E-state index in [0.29, 0.717) is 0 Å². The van der Waals surface area contributed by atoms with Gasteiger partial charge in [-0.1, -0.05) is 12.1 Å². The lowest BCUT2D eigenvalue weighted by Crippen LogP contribution is -2.22. The third-order valence-corrected chi connectivity index (χ3v) is 6.47. The number of rotatable bonds is 5. The zero-order valence-electron chi connectivity index (χ0n) is 21.1. The molecular weight excluding hydrogens is 537 g/mol. The molecule has 10 nitrogen and oxygen atoms in total. The summed E-state index contributed by atoms with van der Waals surface area (Å²) in [4.78, 5) is 26.5. The van der Waals surface area contributed by atoms with E-state index < -0.39 is 23.0 Å². The first kappa shape index (κ1) is 25.5. The Kier molecular flexibility index (Phi) is 6.07. The van der Waals surface area contributed by atoms with Crippen molar-refractivity contribution in [3.8, 4) is 34.2 Å². The number of nitriles is 1. The highest BCUT2D eigenvalue weighted by molar-refractivity contribution is 5.98. The van der Waals surface area contributed by atoms with Gasteiger partial charge in [0.05, 0.1) is 35.9 Å². The number of nitrogen functional groups attached to an aromatic ring is 1. The average molecular weight is 554 g/mol. The fourth-order valence-corrected chi connectivity index (χ4v) is 4.71. The van der Waals surface area contributed by atoms with Crippen LogP contribution < -0.4 is 16.0 Å². The molecule has 13 heteroatoms. The van der Waals surface area contributed by atoms with Gasteiger partial charge in [-0.25, -0.2) is 32.8 Å². The molecule has 0 aliphatic heterocycles. The normalized spacial score (nSPS) is 11.2. The van der Waals surface area contributed by atoms with Crippen LogP contribution in [-0.2, 0) is 6.54 Å². The Morgan fingerprint density at radius 3 is 2.63 bits per heavy atom. The van der Waals surface area contributed by atoms with Gasteiger partial charge in [-0.15, -0.1) is 0 Å². The second kappa shape index (κ2) is 9.76. The van der Waals surface area contributed by atoms with E-state index in [0.717, 1.165) is 22.7 Å². The zero-order valence-corrected chi connectivity index (χ0v) is 21.1. The second-order valence-corrected chi connectivity index (χ2v) is 8.94. The van der Waals surface area contributed by atoms with Crippen molar-refractivity contribution in [3.63, 3.8) is 0 Å². The molecule has 0 unspecified atom stereocenters. The molecule has 4 aromatic heterocycles. The molecule has 0 saturated carbocycles. The van der Waals surface area contributed by atoms with Gasteiger partial charge in [-0.05, 0) is 42.0 Å². The molecule has 6 rings (SSSR count). The standard InChI is InChI=1S/C28H17F3N8O2/c1-41-25-16(10-32)7-15(9-19(25)31)24-23-26(33)34-13-35-27(23)39(37-24)12-20-22(14-3-2-4-17(29)8-14)28(40)38-11-18(30)5-6-21(38)36-20/h2-9,11,13H,12H2,1H3,(H2,33,34,35). The number of pyridine rings is 1. The first-order valence-corrected chi connectivity index (χ1v) is 12.0. The molecule has 0 radical (unpaired) electrons. The number of benzene rings is 2. The van der Waals surface area contributed by atoms with Crippen LogP contribution in [0.3, 0.4) is 0 Å². The Morgan fingerprint density at radius 1 is 1.05 bits per heavy atom. The molecule has 2 N–H and O–H groups in total. The van der Waals surface area contributed by atoms with Crippen molar-refractivity contribution >= 4 is 22.5 Å². The lowest BCUT2D eigenvalue weighted by atomic mass is 10.0. The molecule has 0 aliphatic carbocycles. The van der Waals surface area contributed by atoms with Gasteiger partial charge in [-0.3, -0.25) is 9.20 Å². The molecule has 0 atom stereocenters. The number of nitrogens with zero attached hydrogens (tertiary/aromatic N) is 7.